The van der Waals surface area contributed by atoms with Crippen LogP contribution in [0.4, 0.5) is 0 Å². The number of carbonyl (C=O) groups excluding carboxylic acids is 2. The molecule has 3 aliphatic rings. The Labute approximate surface area is 145 Å². The SMILES string of the molecule is O=C(O)C1CCC2OC3(CCN(C(=O)c4ccccc4)CC3)C(=O)N21. The first-order valence-corrected chi connectivity index (χ1v) is 8.59. The number of aliphatic carboxylic acids is 1. The molecule has 2 atom stereocenters. The zero-order chi connectivity index (χ0) is 17.6. The largest absolute Gasteiger partial charge is 0.480 e. The molecule has 7 nitrogen and oxygen atoms in total. The van der Waals surface area contributed by atoms with Gasteiger partial charge in [0, 0.05) is 31.5 Å². The van der Waals surface area contributed by atoms with Crippen molar-refractivity contribution in [3.63, 3.8) is 0 Å². The number of carbonyl (C=O) groups is 3. The van der Waals surface area contributed by atoms with Gasteiger partial charge >= 0.3 is 5.97 Å². The number of piperidine rings is 1. The topological polar surface area (TPSA) is 87.1 Å². The molecule has 0 aliphatic carbocycles. The van der Waals surface area contributed by atoms with Gasteiger partial charge in [0.1, 0.15) is 12.3 Å². The lowest BCUT2D eigenvalue weighted by Gasteiger charge is -2.37. The van der Waals surface area contributed by atoms with E-state index in [1.54, 1.807) is 17.0 Å². The van der Waals surface area contributed by atoms with Crippen LogP contribution in [0, 0.1) is 0 Å². The number of likely N-dealkylation sites (tertiary alicyclic amines) is 1. The number of benzene rings is 1. The number of fused-ring (bicyclic) bond motifs is 1. The van der Waals surface area contributed by atoms with Crippen molar-refractivity contribution in [1.82, 2.24) is 9.80 Å². The lowest BCUT2D eigenvalue weighted by atomic mass is 9.89. The normalized spacial score (nSPS) is 27.6. The molecule has 25 heavy (non-hydrogen) atoms. The van der Waals surface area contributed by atoms with Crippen LogP contribution in [-0.2, 0) is 14.3 Å². The fraction of sp³-hybridized carbons (Fsp3) is 0.500. The van der Waals surface area contributed by atoms with E-state index in [0.29, 0.717) is 44.3 Å². The van der Waals surface area contributed by atoms with Gasteiger partial charge in [-0.05, 0) is 25.0 Å². The van der Waals surface area contributed by atoms with Gasteiger partial charge in [-0.25, -0.2) is 4.79 Å². The van der Waals surface area contributed by atoms with Crippen LogP contribution in [0.2, 0.25) is 0 Å². The summed E-state index contributed by atoms with van der Waals surface area (Å²) in [6.07, 6.45) is 1.36. The van der Waals surface area contributed by atoms with Crippen molar-refractivity contribution in [3.05, 3.63) is 35.9 Å². The minimum absolute atomic E-state index is 0.0511. The van der Waals surface area contributed by atoms with Gasteiger partial charge in [-0.15, -0.1) is 0 Å². The molecule has 0 bridgehead atoms. The van der Waals surface area contributed by atoms with Crippen LogP contribution in [0.15, 0.2) is 30.3 Å². The maximum atomic E-state index is 12.9. The molecular weight excluding hydrogens is 324 g/mol. The molecule has 7 heteroatoms. The van der Waals surface area contributed by atoms with Gasteiger partial charge in [0.05, 0.1) is 0 Å². The Kier molecular flexibility index (Phi) is 3.76. The number of hydrogen-bond donors (Lipinski definition) is 1. The maximum absolute atomic E-state index is 12.9. The molecule has 4 rings (SSSR count). The molecule has 3 saturated heterocycles. The summed E-state index contributed by atoms with van der Waals surface area (Å²) in [6.45, 7) is 0.857. The number of carboxylic acid groups (broad SMARTS) is 1. The fourth-order valence-corrected chi connectivity index (χ4v) is 4.12. The van der Waals surface area contributed by atoms with Crippen LogP contribution in [0.25, 0.3) is 0 Å². The molecule has 132 valence electrons. The third-order valence-corrected chi connectivity index (χ3v) is 5.48. The summed E-state index contributed by atoms with van der Waals surface area (Å²) in [5.74, 6) is -1.26. The molecule has 2 unspecified atom stereocenters. The van der Waals surface area contributed by atoms with Crippen LogP contribution in [0.1, 0.15) is 36.0 Å². The highest BCUT2D eigenvalue weighted by molar-refractivity contribution is 5.95. The van der Waals surface area contributed by atoms with E-state index in [-0.39, 0.29) is 11.8 Å². The average Bonchev–Trinajstić information content (AvgIpc) is 3.15. The summed E-state index contributed by atoms with van der Waals surface area (Å²) in [6, 6.07) is 8.26. The van der Waals surface area contributed by atoms with Crippen molar-refractivity contribution in [2.75, 3.05) is 13.1 Å². The molecule has 1 spiro atoms. The van der Waals surface area contributed by atoms with Crippen molar-refractivity contribution >= 4 is 17.8 Å². The van der Waals surface area contributed by atoms with E-state index in [9.17, 15) is 19.5 Å². The van der Waals surface area contributed by atoms with E-state index in [2.05, 4.69) is 0 Å². The Morgan fingerprint density at radius 2 is 1.80 bits per heavy atom. The molecular formula is C18H20N2O5. The molecule has 3 aliphatic heterocycles. The number of amides is 2. The molecule has 1 N–H and O–H groups in total. The standard InChI is InChI=1S/C18H20N2O5/c21-15(12-4-2-1-3-5-12)19-10-8-18(9-11-19)17(24)20-13(16(22)23)6-7-14(20)25-18/h1-5,13-14H,6-11H2,(H,22,23). The van der Waals surface area contributed by atoms with Gasteiger partial charge in [-0.2, -0.15) is 0 Å². The van der Waals surface area contributed by atoms with Gasteiger partial charge < -0.3 is 19.6 Å². The van der Waals surface area contributed by atoms with Gasteiger partial charge in [0.15, 0.2) is 5.60 Å². The average molecular weight is 344 g/mol. The minimum atomic E-state index is -0.979. The van der Waals surface area contributed by atoms with Gasteiger partial charge in [-0.1, -0.05) is 18.2 Å². The predicted octanol–water partition coefficient (Wildman–Crippen LogP) is 1.09. The summed E-state index contributed by atoms with van der Waals surface area (Å²) in [5.41, 5.74) is -0.338. The van der Waals surface area contributed by atoms with Crippen molar-refractivity contribution in [2.24, 2.45) is 0 Å². The molecule has 2 amide bonds. The van der Waals surface area contributed by atoms with E-state index in [0.717, 1.165) is 0 Å². The van der Waals surface area contributed by atoms with Crippen molar-refractivity contribution < 1.29 is 24.2 Å². The Bertz CT molecular complexity index is 711. The van der Waals surface area contributed by atoms with E-state index in [1.807, 2.05) is 18.2 Å². The third-order valence-electron chi connectivity index (χ3n) is 5.48. The monoisotopic (exact) mass is 344 g/mol. The summed E-state index contributed by atoms with van der Waals surface area (Å²) >= 11 is 0. The van der Waals surface area contributed by atoms with Crippen LogP contribution in [-0.4, -0.2) is 63.7 Å². The summed E-state index contributed by atoms with van der Waals surface area (Å²) in [4.78, 5) is 39.9. The second-order valence-corrected chi connectivity index (χ2v) is 6.87. The summed E-state index contributed by atoms with van der Waals surface area (Å²) in [5, 5.41) is 9.30. The van der Waals surface area contributed by atoms with E-state index in [4.69, 9.17) is 4.74 Å². The van der Waals surface area contributed by atoms with E-state index in [1.165, 1.54) is 4.90 Å². The molecule has 3 heterocycles. The van der Waals surface area contributed by atoms with Crippen LogP contribution >= 0.6 is 0 Å². The number of rotatable bonds is 2. The van der Waals surface area contributed by atoms with E-state index < -0.39 is 23.8 Å². The van der Waals surface area contributed by atoms with Crippen LogP contribution in [0.3, 0.4) is 0 Å². The van der Waals surface area contributed by atoms with Gasteiger partial charge in [0.25, 0.3) is 11.8 Å². The smallest absolute Gasteiger partial charge is 0.326 e. The maximum Gasteiger partial charge on any atom is 0.326 e. The minimum Gasteiger partial charge on any atom is -0.480 e. The predicted molar refractivity (Wildman–Crippen MR) is 86.7 cm³/mol. The first-order chi connectivity index (χ1) is 12.0. The first kappa shape index (κ1) is 16.1. The Balaban J connectivity index is 1.46. The first-order valence-electron chi connectivity index (χ1n) is 8.59. The van der Waals surface area contributed by atoms with Crippen molar-refractivity contribution in [2.45, 2.75) is 43.6 Å². The quantitative estimate of drug-likeness (QED) is 0.868. The molecule has 1 aromatic carbocycles. The molecule has 0 saturated carbocycles. The Hall–Kier alpha value is -2.41. The molecule has 0 aromatic heterocycles. The van der Waals surface area contributed by atoms with Crippen LogP contribution in [0.5, 0.6) is 0 Å². The lowest BCUT2D eigenvalue weighted by Crippen LogP contribution is -2.53. The Morgan fingerprint density at radius 3 is 2.44 bits per heavy atom. The molecule has 3 fully saturated rings. The number of carboxylic acids is 1. The third kappa shape index (κ3) is 2.50. The van der Waals surface area contributed by atoms with Crippen molar-refractivity contribution in [3.8, 4) is 0 Å². The molecule has 0 radical (unpaired) electrons. The molecule has 1 aromatic rings. The number of nitrogens with zero attached hydrogens (tertiary/aromatic N) is 2. The summed E-state index contributed by atoms with van der Waals surface area (Å²) in [7, 11) is 0. The highest BCUT2D eigenvalue weighted by Crippen LogP contribution is 2.42. The number of hydrogen-bond acceptors (Lipinski definition) is 4. The van der Waals surface area contributed by atoms with Gasteiger partial charge in [-0.3, -0.25) is 9.59 Å². The second kappa shape index (κ2) is 5.84. The second-order valence-electron chi connectivity index (χ2n) is 6.87. The van der Waals surface area contributed by atoms with Crippen LogP contribution < -0.4 is 0 Å². The zero-order valence-corrected chi connectivity index (χ0v) is 13.8. The highest BCUT2D eigenvalue weighted by atomic mass is 16.6. The van der Waals surface area contributed by atoms with Crippen molar-refractivity contribution in [1.29, 1.82) is 0 Å². The highest BCUT2D eigenvalue weighted by Gasteiger charge is 2.59. The fourth-order valence-electron chi connectivity index (χ4n) is 4.12. The van der Waals surface area contributed by atoms with Gasteiger partial charge in [0.2, 0.25) is 0 Å². The Morgan fingerprint density at radius 1 is 1.12 bits per heavy atom. The number of ether oxygens (including phenoxy) is 1. The summed E-state index contributed by atoms with van der Waals surface area (Å²) < 4.78 is 6.02. The zero-order valence-electron chi connectivity index (χ0n) is 13.8. The lowest BCUT2D eigenvalue weighted by molar-refractivity contribution is -0.149. The van der Waals surface area contributed by atoms with E-state index >= 15 is 0 Å².